The summed E-state index contributed by atoms with van der Waals surface area (Å²) in [6, 6.07) is 3.19. The summed E-state index contributed by atoms with van der Waals surface area (Å²) in [5, 5.41) is 21.9. The van der Waals surface area contributed by atoms with Gasteiger partial charge in [0.25, 0.3) is 0 Å². The van der Waals surface area contributed by atoms with E-state index in [4.69, 9.17) is 21.8 Å². The van der Waals surface area contributed by atoms with Crippen molar-refractivity contribution in [3.8, 4) is 0 Å². The number of benzene rings is 1. The molecule has 0 radical (unpaired) electrons. The first-order chi connectivity index (χ1) is 8.91. The zero-order valence-electron chi connectivity index (χ0n) is 9.69. The summed E-state index contributed by atoms with van der Waals surface area (Å²) >= 11 is 5.70. The monoisotopic (exact) mass is 290 g/mol. The number of aliphatic carboxylic acids is 1. The molecule has 0 aliphatic heterocycles. The molecule has 1 atom stereocenters. The van der Waals surface area contributed by atoms with E-state index in [0.717, 1.165) is 6.07 Å². The van der Waals surface area contributed by atoms with Gasteiger partial charge in [0.05, 0.1) is 10.7 Å². The van der Waals surface area contributed by atoms with Gasteiger partial charge in [-0.25, -0.2) is 14.0 Å². The molecule has 0 fully saturated rings. The smallest absolute Gasteiger partial charge is 0.332 e. The third-order valence-corrected chi connectivity index (χ3v) is 2.50. The van der Waals surface area contributed by atoms with Crippen molar-refractivity contribution in [2.75, 3.05) is 11.9 Å². The Morgan fingerprint density at radius 2 is 2.11 bits per heavy atom. The summed E-state index contributed by atoms with van der Waals surface area (Å²) in [6.45, 7) is -0.0780. The van der Waals surface area contributed by atoms with E-state index >= 15 is 0 Å². The molecule has 0 saturated carbocycles. The highest BCUT2D eigenvalue weighted by Crippen LogP contribution is 2.24. The molecule has 1 aromatic carbocycles. The van der Waals surface area contributed by atoms with Gasteiger partial charge in [0.1, 0.15) is 5.82 Å². The van der Waals surface area contributed by atoms with Crippen LogP contribution in [0, 0.1) is 5.82 Å². The fourth-order valence-corrected chi connectivity index (χ4v) is 1.43. The number of carbonyl (C=O) groups is 2. The Morgan fingerprint density at radius 3 is 2.68 bits per heavy atom. The van der Waals surface area contributed by atoms with Gasteiger partial charge in [0, 0.05) is 13.0 Å². The van der Waals surface area contributed by atoms with Crippen LogP contribution in [0.3, 0.4) is 0 Å². The summed E-state index contributed by atoms with van der Waals surface area (Å²) in [6.07, 6.45) is -1.72. The van der Waals surface area contributed by atoms with Gasteiger partial charge in [-0.1, -0.05) is 17.7 Å². The second-order valence-corrected chi connectivity index (χ2v) is 4.03. The lowest BCUT2D eigenvalue weighted by molar-refractivity contribution is -0.146. The maximum Gasteiger partial charge on any atom is 0.332 e. The molecule has 4 N–H and O–H groups in total. The van der Waals surface area contributed by atoms with Crippen LogP contribution in [0.2, 0.25) is 5.02 Å². The number of hydrogen-bond acceptors (Lipinski definition) is 3. The number of nitrogens with one attached hydrogen (secondary N) is 2. The highest BCUT2D eigenvalue weighted by Gasteiger charge is 2.14. The van der Waals surface area contributed by atoms with E-state index in [-0.39, 0.29) is 23.7 Å². The molecule has 0 aliphatic carbocycles. The standard InChI is InChI=1S/C11H12ClFN2O4/c12-6-2-1-3-7(13)9(6)15-11(19)14-5-4-8(16)10(17)18/h1-3,8,16H,4-5H2,(H,17,18)(H2,14,15,19). The second-order valence-electron chi connectivity index (χ2n) is 3.62. The van der Waals surface area contributed by atoms with Gasteiger partial charge in [-0.3, -0.25) is 0 Å². The number of urea groups is 1. The summed E-state index contributed by atoms with van der Waals surface area (Å²) in [5.41, 5.74) is -0.166. The number of carboxylic acids is 1. The fourth-order valence-electron chi connectivity index (χ4n) is 1.22. The highest BCUT2D eigenvalue weighted by atomic mass is 35.5. The molecule has 6 nitrogen and oxygen atoms in total. The Labute approximate surface area is 113 Å². The Morgan fingerprint density at radius 1 is 1.42 bits per heavy atom. The van der Waals surface area contributed by atoms with E-state index in [2.05, 4.69) is 10.6 Å². The maximum absolute atomic E-state index is 13.3. The van der Waals surface area contributed by atoms with Crippen LogP contribution in [0.5, 0.6) is 0 Å². The van der Waals surface area contributed by atoms with E-state index in [1.807, 2.05) is 0 Å². The van der Waals surface area contributed by atoms with Crippen LogP contribution in [-0.2, 0) is 4.79 Å². The lowest BCUT2D eigenvalue weighted by atomic mass is 10.2. The number of carboxylic acid groups (broad SMARTS) is 1. The van der Waals surface area contributed by atoms with E-state index in [9.17, 15) is 14.0 Å². The van der Waals surface area contributed by atoms with Gasteiger partial charge in [0.2, 0.25) is 0 Å². The third-order valence-electron chi connectivity index (χ3n) is 2.19. The SMILES string of the molecule is O=C(NCCC(O)C(=O)O)Nc1c(F)cccc1Cl. The van der Waals surface area contributed by atoms with Crippen LogP contribution in [0.1, 0.15) is 6.42 Å². The minimum absolute atomic E-state index is 0.0423. The van der Waals surface area contributed by atoms with Crippen molar-refractivity contribution in [1.29, 1.82) is 0 Å². The van der Waals surface area contributed by atoms with Gasteiger partial charge in [-0.05, 0) is 12.1 Å². The first-order valence-electron chi connectivity index (χ1n) is 5.31. The lowest BCUT2D eigenvalue weighted by Crippen LogP contribution is -2.33. The van der Waals surface area contributed by atoms with Crippen molar-refractivity contribution in [3.63, 3.8) is 0 Å². The van der Waals surface area contributed by atoms with Crippen molar-refractivity contribution in [2.45, 2.75) is 12.5 Å². The first-order valence-corrected chi connectivity index (χ1v) is 5.69. The molecular weight excluding hydrogens is 279 g/mol. The zero-order chi connectivity index (χ0) is 14.4. The van der Waals surface area contributed by atoms with E-state index in [1.54, 1.807) is 0 Å². The van der Waals surface area contributed by atoms with Gasteiger partial charge in [0.15, 0.2) is 6.10 Å². The Kier molecular flexibility index (Phi) is 5.53. The molecule has 0 saturated heterocycles. The largest absolute Gasteiger partial charge is 0.479 e. The van der Waals surface area contributed by atoms with Crippen molar-refractivity contribution >= 4 is 29.3 Å². The van der Waals surface area contributed by atoms with Gasteiger partial charge >= 0.3 is 12.0 Å². The molecule has 0 heterocycles. The summed E-state index contributed by atoms with van der Waals surface area (Å²) in [7, 11) is 0. The average molecular weight is 291 g/mol. The number of para-hydroxylation sites is 1. The van der Waals surface area contributed by atoms with Crippen LogP contribution in [0.25, 0.3) is 0 Å². The van der Waals surface area contributed by atoms with E-state index < -0.39 is 23.9 Å². The molecule has 19 heavy (non-hydrogen) atoms. The van der Waals surface area contributed by atoms with Crippen molar-refractivity contribution < 1.29 is 24.2 Å². The van der Waals surface area contributed by atoms with Gasteiger partial charge in [-0.15, -0.1) is 0 Å². The summed E-state index contributed by atoms with van der Waals surface area (Å²) in [5.74, 6) is -2.06. The van der Waals surface area contributed by atoms with Crippen LogP contribution < -0.4 is 10.6 Å². The minimum atomic E-state index is -1.56. The Hall–Kier alpha value is -1.86. The molecule has 104 valence electrons. The number of aliphatic hydroxyl groups is 1. The zero-order valence-corrected chi connectivity index (χ0v) is 10.4. The number of rotatable bonds is 5. The van der Waals surface area contributed by atoms with Crippen molar-refractivity contribution in [2.24, 2.45) is 0 Å². The molecule has 8 heteroatoms. The number of amides is 2. The van der Waals surface area contributed by atoms with Gasteiger partial charge in [-0.2, -0.15) is 0 Å². The number of aliphatic hydroxyl groups excluding tert-OH is 1. The van der Waals surface area contributed by atoms with Gasteiger partial charge < -0.3 is 20.8 Å². The lowest BCUT2D eigenvalue weighted by Gasteiger charge is -2.10. The normalized spacial score (nSPS) is 11.7. The molecule has 0 aromatic heterocycles. The van der Waals surface area contributed by atoms with Crippen LogP contribution in [-0.4, -0.2) is 34.9 Å². The number of carbonyl (C=O) groups excluding carboxylic acids is 1. The molecule has 2 amide bonds. The molecule has 0 bridgehead atoms. The number of anilines is 1. The molecular formula is C11H12ClFN2O4. The Balaban J connectivity index is 2.46. The van der Waals surface area contributed by atoms with Crippen molar-refractivity contribution in [1.82, 2.24) is 5.32 Å². The summed E-state index contributed by atoms with van der Waals surface area (Å²) in [4.78, 5) is 21.7. The molecule has 1 unspecified atom stereocenters. The Bertz CT molecular complexity index is 464. The van der Waals surface area contributed by atoms with E-state index in [0.29, 0.717) is 0 Å². The molecule has 1 rings (SSSR count). The topological polar surface area (TPSA) is 98.7 Å². The maximum atomic E-state index is 13.3. The highest BCUT2D eigenvalue weighted by molar-refractivity contribution is 6.33. The van der Waals surface area contributed by atoms with Crippen LogP contribution in [0.4, 0.5) is 14.9 Å². The predicted octanol–water partition coefficient (Wildman–Crippen LogP) is 1.44. The van der Waals surface area contributed by atoms with Crippen molar-refractivity contribution in [3.05, 3.63) is 29.0 Å². The first kappa shape index (κ1) is 15.2. The minimum Gasteiger partial charge on any atom is -0.479 e. The second kappa shape index (κ2) is 6.91. The molecule has 0 spiro atoms. The summed E-state index contributed by atoms with van der Waals surface area (Å²) < 4.78 is 13.3. The number of halogens is 2. The molecule has 0 aliphatic rings. The average Bonchev–Trinajstić information content (AvgIpc) is 2.33. The van der Waals surface area contributed by atoms with Crippen LogP contribution >= 0.6 is 11.6 Å². The third kappa shape index (κ3) is 4.72. The fraction of sp³-hybridized carbons (Fsp3) is 0.273. The van der Waals surface area contributed by atoms with E-state index in [1.165, 1.54) is 12.1 Å². The molecule has 1 aromatic rings. The van der Waals surface area contributed by atoms with Crippen LogP contribution in [0.15, 0.2) is 18.2 Å². The number of hydrogen-bond donors (Lipinski definition) is 4. The quantitative estimate of drug-likeness (QED) is 0.659. The predicted molar refractivity (Wildman–Crippen MR) is 66.7 cm³/mol.